The van der Waals surface area contributed by atoms with Gasteiger partial charge in [-0.3, -0.25) is 24.6 Å². The smallest absolute Gasteiger partial charge is 0.416 e. The van der Waals surface area contributed by atoms with Gasteiger partial charge in [-0.15, -0.1) is 0 Å². The number of anilines is 2. The Labute approximate surface area is 259 Å². The lowest BCUT2D eigenvalue weighted by molar-refractivity contribution is -0.384. The van der Waals surface area contributed by atoms with Crippen LogP contribution in [0.3, 0.4) is 0 Å². The quantitative estimate of drug-likeness (QED) is 0.167. The summed E-state index contributed by atoms with van der Waals surface area (Å²) in [6.07, 6.45) is -4.05. The molecule has 0 spiro atoms. The summed E-state index contributed by atoms with van der Waals surface area (Å²) in [6.45, 7) is 2.46. The van der Waals surface area contributed by atoms with Crippen molar-refractivity contribution in [2.75, 3.05) is 30.3 Å². The van der Waals surface area contributed by atoms with Crippen LogP contribution in [-0.2, 0) is 15.8 Å². The third kappa shape index (κ3) is 8.63. The van der Waals surface area contributed by atoms with E-state index in [4.69, 9.17) is 16.3 Å². The molecule has 2 N–H and O–H groups in total. The molecular weight excluding hydrogens is 623 g/mol. The number of nitrogens with zero attached hydrogens (tertiary/aromatic N) is 3. The van der Waals surface area contributed by atoms with Gasteiger partial charge in [0.05, 0.1) is 22.8 Å². The van der Waals surface area contributed by atoms with E-state index in [9.17, 15) is 32.9 Å². The van der Waals surface area contributed by atoms with Gasteiger partial charge in [0, 0.05) is 36.3 Å². The molecule has 0 aliphatic carbocycles. The maximum Gasteiger partial charge on any atom is 0.416 e. The molecule has 1 atom stereocenters. The first-order valence-corrected chi connectivity index (χ1v) is 14.6. The fourth-order valence-corrected chi connectivity index (χ4v) is 5.33. The largest absolute Gasteiger partial charge is 0.494 e. The van der Waals surface area contributed by atoms with Gasteiger partial charge in [-0.25, -0.2) is 4.99 Å². The standard InChI is InChI=1S/C29H27ClF3N5O5S/c1-2-15-43-22-10-8-20(9-11-22)35-27(40)25-17-26(39)37(28(44-25)36-21-6-4-19(30)5-7-21)14-13-34-23-12-3-18(29(31,32)33)16-24(23)38(41)42/h3-12,16,25,34H,2,13-15,17H2,1H3,(H,35,40)/t25-/m1/s1. The van der Waals surface area contributed by atoms with Crippen LogP contribution in [0, 0.1) is 10.1 Å². The number of hydrogen-bond donors (Lipinski definition) is 2. The molecule has 232 valence electrons. The van der Waals surface area contributed by atoms with Crippen molar-refractivity contribution in [3.05, 3.63) is 87.4 Å². The molecule has 1 heterocycles. The van der Waals surface area contributed by atoms with Crippen LogP contribution >= 0.6 is 23.4 Å². The molecule has 44 heavy (non-hydrogen) atoms. The monoisotopic (exact) mass is 649 g/mol. The van der Waals surface area contributed by atoms with Crippen molar-refractivity contribution in [1.82, 2.24) is 4.90 Å². The van der Waals surface area contributed by atoms with E-state index in [1.54, 1.807) is 48.5 Å². The number of nitrogens with one attached hydrogen (secondary N) is 2. The minimum atomic E-state index is -4.75. The molecule has 3 aromatic rings. The fourth-order valence-electron chi connectivity index (χ4n) is 4.08. The fraction of sp³-hybridized carbons (Fsp3) is 0.276. The average molecular weight is 650 g/mol. The lowest BCUT2D eigenvalue weighted by Gasteiger charge is -2.32. The van der Waals surface area contributed by atoms with Crippen molar-refractivity contribution in [3.63, 3.8) is 0 Å². The zero-order valence-electron chi connectivity index (χ0n) is 23.3. The molecule has 2 amide bonds. The van der Waals surface area contributed by atoms with Crippen molar-refractivity contribution in [2.24, 2.45) is 4.99 Å². The van der Waals surface area contributed by atoms with E-state index in [1.165, 1.54) is 4.90 Å². The van der Waals surface area contributed by atoms with Gasteiger partial charge in [0.2, 0.25) is 11.8 Å². The Balaban J connectivity index is 1.49. The predicted molar refractivity (Wildman–Crippen MR) is 164 cm³/mol. The maximum absolute atomic E-state index is 13.3. The van der Waals surface area contributed by atoms with Gasteiger partial charge in [0.1, 0.15) is 16.7 Å². The summed E-state index contributed by atoms with van der Waals surface area (Å²) in [7, 11) is 0. The summed E-state index contributed by atoms with van der Waals surface area (Å²) < 4.78 is 44.8. The number of thioether (sulfide) groups is 1. The number of benzene rings is 3. The van der Waals surface area contributed by atoms with E-state index in [0.717, 1.165) is 30.3 Å². The van der Waals surface area contributed by atoms with Gasteiger partial charge in [0.15, 0.2) is 5.17 Å². The summed E-state index contributed by atoms with van der Waals surface area (Å²) in [4.78, 5) is 42.8. The number of amidine groups is 1. The first kappa shape index (κ1) is 32.6. The summed E-state index contributed by atoms with van der Waals surface area (Å²) >= 11 is 7.05. The second-order valence-electron chi connectivity index (χ2n) is 9.50. The Morgan fingerprint density at radius 3 is 2.50 bits per heavy atom. The first-order chi connectivity index (χ1) is 20.9. The molecule has 0 unspecified atom stereocenters. The Kier molecular flexibility index (Phi) is 10.7. The van der Waals surface area contributed by atoms with Crippen molar-refractivity contribution in [2.45, 2.75) is 31.2 Å². The molecular formula is C29H27ClF3N5O5S. The van der Waals surface area contributed by atoms with Crippen LogP contribution in [0.1, 0.15) is 25.3 Å². The highest BCUT2D eigenvalue weighted by Crippen LogP contribution is 2.35. The first-order valence-electron chi connectivity index (χ1n) is 13.4. The number of amides is 2. The van der Waals surface area contributed by atoms with Crippen molar-refractivity contribution in [1.29, 1.82) is 0 Å². The molecule has 0 bridgehead atoms. The van der Waals surface area contributed by atoms with Crippen molar-refractivity contribution >= 4 is 63.1 Å². The average Bonchev–Trinajstić information content (AvgIpc) is 2.98. The lowest BCUT2D eigenvalue weighted by Crippen LogP contribution is -2.46. The van der Waals surface area contributed by atoms with Gasteiger partial charge >= 0.3 is 6.18 Å². The molecule has 1 saturated heterocycles. The number of nitro groups is 1. The number of alkyl halides is 3. The highest BCUT2D eigenvalue weighted by Gasteiger charge is 2.36. The van der Waals surface area contributed by atoms with Crippen LogP contribution in [0.5, 0.6) is 5.75 Å². The number of ether oxygens (including phenoxy) is 1. The number of rotatable bonds is 11. The van der Waals surface area contributed by atoms with Crippen molar-refractivity contribution in [3.8, 4) is 5.75 Å². The Bertz CT molecular complexity index is 1540. The molecule has 0 saturated carbocycles. The van der Waals surface area contributed by atoms with Crippen LogP contribution in [-0.4, -0.2) is 51.8 Å². The van der Waals surface area contributed by atoms with Gasteiger partial charge in [-0.1, -0.05) is 30.3 Å². The van der Waals surface area contributed by atoms with E-state index in [2.05, 4.69) is 15.6 Å². The zero-order valence-corrected chi connectivity index (χ0v) is 24.8. The van der Waals surface area contributed by atoms with Crippen LogP contribution in [0.2, 0.25) is 5.02 Å². The number of hydrogen-bond acceptors (Lipinski definition) is 8. The predicted octanol–water partition coefficient (Wildman–Crippen LogP) is 7.13. The molecule has 1 aliphatic rings. The zero-order chi connectivity index (χ0) is 31.9. The van der Waals surface area contributed by atoms with E-state index < -0.39 is 39.4 Å². The minimum Gasteiger partial charge on any atom is -0.494 e. The molecule has 1 fully saturated rings. The number of halogens is 4. The van der Waals surface area contributed by atoms with E-state index in [0.29, 0.717) is 34.8 Å². The SMILES string of the molecule is CCCOc1ccc(NC(=O)[C@H]2CC(=O)N(CCNc3ccc(C(F)(F)F)cc3[N+](=O)[O-])C(=Nc3ccc(Cl)cc3)S2)cc1. The molecule has 1 aliphatic heterocycles. The van der Waals surface area contributed by atoms with E-state index >= 15 is 0 Å². The third-order valence-corrected chi connectivity index (χ3v) is 7.69. The molecule has 3 aromatic carbocycles. The topological polar surface area (TPSA) is 126 Å². The molecule has 0 radical (unpaired) electrons. The van der Waals surface area contributed by atoms with Crippen molar-refractivity contribution < 1.29 is 32.4 Å². The van der Waals surface area contributed by atoms with E-state index in [1.807, 2.05) is 6.92 Å². The summed E-state index contributed by atoms with van der Waals surface area (Å²) in [5, 5.41) is 16.9. The number of carbonyl (C=O) groups excluding carboxylic acids is 2. The van der Waals surface area contributed by atoms with Gasteiger partial charge in [-0.2, -0.15) is 13.2 Å². The number of nitro benzene ring substituents is 1. The minimum absolute atomic E-state index is 0.0377. The maximum atomic E-state index is 13.3. The second kappa shape index (κ2) is 14.4. The number of carbonyl (C=O) groups is 2. The third-order valence-electron chi connectivity index (χ3n) is 6.25. The molecule has 10 nitrogen and oxygen atoms in total. The van der Waals surface area contributed by atoms with Gasteiger partial charge in [-0.05, 0) is 67.1 Å². The Morgan fingerprint density at radius 1 is 1.16 bits per heavy atom. The summed E-state index contributed by atoms with van der Waals surface area (Å²) in [5.41, 5.74) is -1.06. The number of aliphatic imine (C=N–C) groups is 1. The molecule has 4 rings (SSSR count). The van der Waals surface area contributed by atoms with E-state index in [-0.39, 0.29) is 30.4 Å². The Morgan fingerprint density at radius 2 is 1.86 bits per heavy atom. The van der Waals surface area contributed by atoms with Crippen LogP contribution in [0.15, 0.2) is 71.7 Å². The highest BCUT2D eigenvalue weighted by molar-refractivity contribution is 8.15. The van der Waals surface area contributed by atoms with Crippen LogP contribution in [0.25, 0.3) is 0 Å². The lowest BCUT2D eigenvalue weighted by atomic mass is 10.1. The summed E-state index contributed by atoms with van der Waals surface area (Å²) in [5.74, 6) is -0.175. The van der Waals surface area contributed by atoms with Crippen LogP contribution in [0.4, 0.5) is 35.9 Å². The summed E-state index contributed by atoms with van der Waals surface area (Å²) in [6, 6.07) is 15.5. The molecule has 0 aromatic heterocycles. The van der Waals surface area contributed by atoms with Gasteiger partial charge in [0.25, 0.3) is 5.69 Å². The normalized spacial score (nSPS) is 16.1. The second-order valence-corrected chi connectivity index (χ2v) is 11.1. The Hall–Kier alpha value is -4.30. The van der Waals surface area contributed by atoms with Gasteiger partial charge < -0.3 is 15.4 Å². The van der Waals surface area contributed by atoms with Crippen LogP contribution < -0.4 is 15.4 Å². The highest BCUT2D eigenvalue weighted by atomic mass is 35.5. The molecule has 15 heteroatoms.